The van der Waals surface area contributed by atoms with E-state index in [1.807, 2.05) is 12.3 Å². The third-order valence-corrected chi connectivity index (χ3v) is 1.99. The van der Waals surface area contributed by atoms with Gasteiger partial charge in [0.05, 0.1) is 0 Å². The fourth-order valence-corrected chi connectivity index (χ4v) is 1.15. The van der Waals surface area contributed by atoms with Crippen LogP contribution in [0.25, 0.3) is 0 Å². The lowest BCUT2D eigenvalue weighted by molar-refractivity contribution is 0.459. The Kier molecular flexibility index (Phi) is 4.90. The van der Waals surface area contributed by atoms with Gasteiger partial charge in [-0.2, -0.15) is 0 Å². The average Bonchev–Trinajstić information content (AvgIpc) is 2.36. The highest BCUT2D eigenvalue weighted by molar-refractivity contribution is 5.93. The second kappa shape index (κ2) is 6.20. The molecule has 18 heavy (non-hydrogen) atoms. The number of anilines is 1. The first kappa shape index (κ1) is 14.2. The summed E-state index contributed by atoms with van der Waals surface area (Å²) in [5.74, 6) is -1.25. The van der Waals surface area contributed by atoms with E-state index in [2.05, 4.69) is 10.3 Å². The lowest BCUT2D eigenvalue weighted by atomic mass is 10.2. The molecule has 4 N–H and O–H groups in total. The van der Waals surface area contributed by atoms with Gasteiger partial charge in [-0.1, -0.05) is 6.92 Å². The summed E-state index contributed by atoms with van der Waals surface area (Å²) in [5, 5.41) is 2.07. The predicted molar refractivity (Wildman–Crippen MR) is 59.8 cm³/mol. The molecule has 8 heteroatoms. The van der Waals surface area contributed by atoms with Crippen molar-refractivity contribution < 1.29 is 17.6 Å². The van der Waals surface area contributed by atoms with Gasteiger partial charge in [0, 0.05) is 12.6 Å². The lowest BCUT2D eigenvalue weighted by Gasteiger charge is -2.11. The number of guanidine groups is 1. The molecule has 0 radical (unpaired) electrons. The number of hydrogen-bond acceptors (Lipinski definition) is 2. The predicted octanol–water partition coefficient (Wildman–Crippen LogP) is 1.88. The zero-order valence-corrected chi connectivity index (χ0v) is 9.53. The molecule has 0 heterocycles. The minimum atomic E-state index is -1.55. The fourth-order valence-electron chi connectivity index (χ4n) is 1.15. The van der Waals surface area contributed by atoms with E-state index in [1.165, 1.54) is 0 Å². The van der Waals surface area contributed by atoms with Crippen molar-refractivity contribution in [2.24, 2.45) is 10.8 Å². The molecule has 0 aliphatic rings. The largest absolute Gasteiger partial charge is 0.320 e. The van der Waals surface area contributed by atoms with Crippen LogP contribution in [0.3, 0.4) is 0 Å². The molecule has 100 valence electrons. The van der Waals surface area contributed by atoms with Crippen molar-refractivity contribution in [3.63, 3.8) is 0 Å². The quantitative estimate of drug-likeness (QED) is 0.195. The summed E-state index contributed by atoms with van der Waals surface area (Å²) in [6, 6.07) is 0.120. The lowest BCUT2D eigenvalue weighted by Crippen LogP contribution is -2.37. The van der Waals surface area contributed by atoms with E-state index in [0.29, 0.717) is 13.0 Å². The SMILES string of the molecule is CCCN=C(NN)Nc1c(F)c(F)cc(F)c1F. The van der Waals surface area contributed by atoms with E-state index in [-0.39, 0.29) is 12.0 Å². The topological polar surface area (TPSA) is 62.4 Å². The van der Waals surface area contributed by atoms with Crippen molar-refractivity contribution in [1.82, 2.24) is 5.43 Å². The molecule has 0 atom stereocenters. The van der Waals surface area contributed by atoms with E-state index in [4.69, 9.17) is 5.84 Å². The maximum atomic E-state index is 13.3. The van der Waals surface area contributed by atoms with Crippen molar-refractivity contribution in [1.29, 1.82) is 0 Å². The number of aliphatic imine (C=N–C) groups is 1. The van der Waals surface area contributed by atoms with E-state index in [1.54, 1.807) is 0 Å². The zero-order valence-electron chi connectivity index (χ0n) is 9.53. The smallest absolute Gasteiger partial charge is 0.210 e. The molecular weight excluding hydrogens is 252 g/mol. The van der Waals surface area contributed by atoms with Crippen LogP contribution in [0.1, 0.15) is 13.3 Å². The molecule has 1 aromatic rings. The van der Waals surface area contributed by atoms with Crippen LogP contribution in [0.15, 0.2) is 11.1 Å². The average molecular weight is 264 g/mol. The van der Waals surface area contributed by atoms with E-state index in [9.17, 15) is 17.6 Å². The van der Waals surface area contributed by atoms with Crippen molar-refractivity contribution in [2.75, 3.05) is 11.9 Å². The van der Waals surface area contributed by atoms with Crippen LogP contribution in [0, 0.1) is 23.3 Å². The van der Waals surface area contributed by atoms with Gasteiger partial charge in [0.15, 0.2) is 23.3 Å². The molecule has 0 saturated carbocycles. The van der Waals surface area contributed by atoms with Gasteiger partial charge in [-0.3, -0.25) is 10.4 Å². The summed E-state index contributed by atoms with van der Waals surface area (Å²) in [4.78, 5) is 3.79. The summed E-state index contributed by atoms with van der Waals surface area (Å²) >= 11 is 0. The minimum absolute atomic E-state index is 0.120. The Hall–Kier alpha value is -1.83. The first-order chi connectivity index (χ1) is 8.51. The number of hydrogen-bond donors (Lipinski definition) is 3. The van der Waals surface area contributed by atoms with Gasteiger partial charge in [-0.25, -0.2) is 23.4 Å². The molecule has 0 amide bonds. The van der Waals surface area contributed by atoms with E-state index in [0.717, 1.165) is 0 Å². The van der Waals surface area contributed by atoms with Crippen molar-refractivity contribution in [2.45, 2.75) is 13.3 Å². The summed E-state index contributed by atoms with van der Waals surface area (Å²) in [6.45, 7) is 2.15. The second-order valence-corrected chi connectivity index (χ2v) is 3.34. The maximum absolute atomic E-state index is 13.3. The summed E-state index contributed by atoms with van der Waals surface area (Å²) in [5.41, 5.74) is 1.05. The summed E-state index contributed by atoms with van der Waals surface area (Å²) < 4.78 is 52.4. The van der Waals surface area contributed by atoms with Crippen LogP contribution in [0.2, 0.25) is 0 Å². The van der Waals surface area contributed by atoms with E-state index >= 15 is 0 Å². The van der Waals surface area contributed by atoms with Gasteiger partial charge in [-0.05, 0) is 6.42 Å². The molecule has 0 fully saturated rings. The monoisotopic (exact) mass is 264 g/mol. The molecular formula is C10H12F4N4. The molecule has 4 nitrogen and oxygen atoms in total. The minimum Gasteiger partial charge on any atom is -0.320 e. The van der Waals surface area contributed by atoms with Crippen molar-refractivity contribution in [3.8, 4) is 0 Å². The number of nitrogens with zero attached hydrogens (tertiary/aromatic N) is 1. The van der Waals surface area contributed by atoms with Crippen LogP contribution in [0.5, 0.6) is 0 Å². The van der Waals surface area contributed by atoms with Gasteiger partial charge in [-0.15, -0.1) is 0 Å². The highest BCUT2D eigenvalue weighted by Gasteiger charge is 2.19. The molecule has 0 aliphatic carbocycles. The normalized spacial score (nSPS) is 11.6. The van der Waals surface area contributed by atoms with Gasteiger partial charge < -0.3 is 5.32 Å². The molecule has 1 rings (SSSR count). The number of halogens is 4. The second-order valence-electron chi connectivity index (χ2n) is 3.34. The van der Waals surface area contributed by atoms with Crippen LogP contribution < -0.4 is 16.6 Å². The molecule has 0 spiro atoms. The molecule has 0 saturated heterocycles. The Balaban J connectivity index is 3.10. The van der Waals surface area contributed by atoms with Gasteiger partial charge in [0.2, 0.25) is 5.96 Å². The number of benzene rings is 1. The Morgan fingerprint density at radius 2 is 1.78 bits per heavy atom. The van der Waals surface area contributed by atoms with Gasteiger partial charge >= 0.3 is 0 Å². The van der Waals surface area contributed by atoms with Crippen LogP contribution >= 0.6 is 0 Å². The van der Waals surface area contributed by atoms with Crippen LogP contribution in [-0.2, 0) is 0 Å². The number of hydrazine groups is 1. The van der Waals surface area contributed by atoms with Gasteiger partial charge in [0.1, 0.15) is 5.69 Å². The summed E-state index contributed by atoms with van der Waals surface area (Å²) in [6.07, 6.45) is 0.662. The molecule has 0 unspecified atom stereocenters. The molecule has 1 aromatic carbocycles. The molecule has 0 aliphatic heterocycles. The number of nitrogens with one attached hydrogen (secondary N) is 2. The Bertz CT molecular complexity index is 435. The number of rotatable bonds is 3. The highest BCUT2D eigenvalue weighted by atomic mass is 19.2. The van der Waals surface area contributed by atoms with Crippen LogP contribution in [0.4, 0.5) is 23.2 Å². The van der Waals surface area contributed by atoms with Crippen molar-refractivity contribution in [3.05, 3.63) is 29.3 Å². The van der Waals surface area contributed by atoms with E-state index < -0.39 is 29.0 Å². The Morgan fingerprint density at radius 3 is 2.22 bits per heavy atom. The number of nitrogens with two attached hydrogens (primary N) is 1. The maximum Gasteiger partial charge on any atom is 0.210 e. The fraction of sp³-hybridized carbons (Fsp3) is 0.300. The zero-order chi connectivity index (χ0) is 13.7. The standard InChI is InChI=1S/C10H12F4N4/c1-2-3-16-10(18-15)17-9-7(13)5(11)4-6(12)8(9)14/h4H,2-3,15H2,1H3,(H2,16,17,18). The highest BCUT2D eigenvalue weighted by Crippen LogP contribution is 2.23. The first-order valence-corrected chi connectivity index (χ1v) is 5.12. The Labute approximate surface area is 101 Å². The van der Waals surface area contributed by atoms with Crippen molar-refractivity contribution >= 4 is 11.6 Å². The Morgan fingerprint density at radius 1 is 1.22 bits per heavy atom. The third kappa shape index (κ3) is 3.10. The third-order valence-electron chi connectivity index (χ3n) is 1.99. The van der Waals surface area contributed by atoms with Crippen LogP contribution in [-0.4, -0.2) is 12.5 Å². The first-order valence-electron chi connectivity index (χ1n) is 5.12. The van der Waals surface area contributed by atoms with Gasteiger partial charge in [0.25, 0.3) is 0 Å². The molecule has 0 aromatic heterocycles. The molecule has 0 bridgehead atoms. The summed E-state index contributed by atoms with van der Waals surface area (Å²) in [7, 11) is 0.